The van der Waals surface area contributed by atoms with Crippen molar-refractivity contribution in [1.29, 1.82) is 0 Å². The van der Waals surface area contributed by atoms with Crippen molar-refractivity contribution in [1.82, 2.24) is 5.32 Å². The molecule has 2 heteroatoms. The van der Waals surface area contributed by atoms with E-state index in [-0.39, 0.29) is 4.75 Å². The van der Waals surface area contributed by atoms with Gasteiger partial charge in [-0.2, -0.15) is 12.6 Å². The molecule has 0 fully saturated rings. The van der Waals surface area contributed by atoms with Gasteiger partial charge in [-0.3, -0.25) is 0 Å². The lowest BCUT2D eigenvalue weighted by atomic mass is 10.1. The van der Waals surface area contributed by atoms with Crippen LogP contribution in [0.15, 0.2) is 30.3 Å². The van der Waals surface area contributed by atoms with Crippen molar-refractivity contribution in [2.45, 2.75) is 31.4 Å². The van der Waals surface area contributed by atoms with E-state index in [2.05, 4.69) is 62.1 Å². The molecule has 1 aromatic carbocycles. The molecule has 0 aliphatic carbocycles. The molecule has 0 bridgehead atoms. The van der Waals surface area contributed by atoms with E-state index in [1.54, 1.807) is 0 Å². The van der Waals surface area contributed by atoms with Gasteiger partial charge >= 0.3 is 0 Å². The van der Waals surface area contributed by atoms with Crippen LogP contribution in [-0.2, 0) is 6.42 Å². The molecule has 15 heavy (non-hydrogen) atoms. The minimum atomic E-state index is 0.0900. The second-order valence-corrected chi connectivity index (χ2v) is 5.79. The number of hydrogen-bond donors (Lipinski definition) is 2. The Kier molecular flexibility index (Phi) is 5.20. The van der Waals surface area contributed by atoms with Crippen LogP contribution in [0.4, 0.5) is 0 Å². The fourth-order valence-corrected chi connectivity index (χ4v) is 1.57. The summed E-state index contributed by atoms with van der Waals surface area (Å²) >= 11 is 4.46. The lowest BCUT2D eigenvalue weighted by Gasteiger charge is -2.17. The molecular formula is C13H21NS. The molecule has 0 spiro atoms. The Balaban J connectivity index is 2.08. The molecule has 0 heterocycles. The minimum absolute atomic E-state index is 0.0900. The SMILES string of the molecule is CC(C)(S)CNCCCc1ccccc1. The highest BCUT2D eigenvalue weighted by Crippen LogP contribution is 2.09. The third kappa shape index (κ3) is 6.58. The Morgan fingerprint density at radius 3 is 2.47 bits per heavy atom. The Morgan fingerprint density at radius 1 is 1.20 bits per heavy atom. The lowest BCUT2D eigenvalue weighted by molar-refractivity contribution is 0.578. The van der Waals surface area contributed by atoms with Gasteiger partial charge in [-0.15, -0.1) is 0 Å². The van der Waals surface area contributed by atoms with Crippen LogP contribution in [0.5, 0.6) is 0 Å². The van der Waals surface area contributed by atoms with Crippen molar-refractivity contribution < 1.29 is 0 Å². The quantitative estimate of drug-likeness (QED) is 0.558. The van der Waals surface area contributed by atoms with Crippen LogP contribution in [0.3, 0.4) is 0 Å². The predicted octanol–water partition coefficient (Wildman–Crippen LogP) is 2.92. The molecule has 1 rings (SSSR count). The van der Waals surface area contributed by atoms with Crippen LogP contribution in [0.25, 0.3) is 0 Å². The maximum atomic E-state index is 4.46. The normalized spacial score (nSPS) is 11.7. The minimum Gasteiger partial charge on any atom is -0.315 e. The number of aryl methyl sites for hydroxylation is 1. The number of benzene rings is 1. The standard InChI is InChI=1S/C13H21NS/c1-13(2,15)11-14-10-6-9-12-7-4-3-5-8-12/h3-5,7-8,14-15H,6,9-11H2,1-2H3. The van der Waals surface area contributed by atoms with Crippen LogP contribution in [0.2, 0.25) is 0 Å². The molecule has 0 unspecified atom stereocenters. The molecule has 0 saturated carbocycles. The molecule has 1 nitrogen and oxygen atoms in total. The van der Waals surface area contributed by atoms with Crippen molar-refractivity contribution in [2.75, 3.05) is 13.1 Å². The van der Waals surface area contributed by atoms with Crippen molar-refractivity contribution in [2.24, 2.45) is 0 Å². The lowest BCUT2D eigenvalue weighted by Crippen LogP contribution is -2.30. The average molecular weight is 223 g/mol. The molecule has 0 aromatic heterocycles. The van der Waals surface area contributed by atoms with Gasteiger partial charge < -0.3 is 5.32 Å². The number of thiol groups is 1. The number of nitrogens with one attached hydrogen (secondary N) is 1. The van der Waals surface area contributed by atoms with E-state index < -0.39 is 0 Å². The summed E-state index contributed by atoms with van der Waals surface area (Å²) in [4.78, 5) is 0. The van der Waals surface area contributed by atoms with E-state index in [1.807, 2.05) is 0 Å². The van der Waals surface area contributed by atoms with Crippen molar-refractivity contribution in [3.8, 4) is 0 Å². The first-order chi connectivity index (χ1) is 7.08. The molecular weight excluding hydrogens is 202 g/mol. The molecule has 0 aliphatic heterocycles. The summed E-state index contributed by atoms with van der Waals surface area (Å²) in [6.45, 7) is 6.28. The highest BCUT2D eigenvalue weighted by molar-refractivity contribution is 7.81. The number of rotatable bonds is 6. The van der Waals surface area contributed by atoms with Crippen molar-refractivity contribution in [3.05, 3.63) is 35.9 Å². The second-order valence-electron chi connectivity index (χ2n) is 4.58. The second kappa shape index (κ2) is 6.19. The van der Waals surface area contributed by atoms with Crippen molar-refractivity contribution in [3.63, 3.8) is 0 Å². The van der Waals surface area contributed by atoms with Crippen LogP contribution in [-0.4, -0.2) is 17.8 Å². The molecule has 0 saturated heterocycles. The maximum absolute atomic E-state index is 4.46. The highest BCUT2D eigenvalue weighted by atomic mass is 32.1. The molecule has 0 atom stereocenters. The summed E-state index contributed by atoms with van der Waals surface area (Å²) in [5.74, 6) is 0. The fraction of sp³-hybridized carbons (Fsp3) is 0.538. The third-order valence-electron chi connectivity index (χ3n) is 2.22. The Bertz CT molecular complexity index is 264. The molecule has 1 aromatic rings. The third-order valence-corrected chi connectivity index (χ3v) is 2.38. The summed E-state index contributed by atoms with van der Waals surface area (Å²) in [6, 6.07) is 10.6. The average Bonchev–Trinajstić information content (AvgIpc) is 2.17. The predicted molar refractivity (Wildman–Crippen MR) is 70.7 cm³/mol. The van der Waals surface area contributed by atoms with Crippen LogP contribution >= 0.6 is 12.6 Å². The van der Waals surface area contributed by atoms with E-state index in [4.69, 9.17) is 0 Å². The first kappa shape index (κ1) is 12.6. The monoisotopic (exact) mass is 223 g/mol. The molecule has 0 aliphatic rings. The van der Waals surface area contributed by atoms with E-state index in [0.29, 0.717) is 0 Å². The van der Waals surface area contributed by atoms with E-state index in [1.165, 1.54) is 12.0 Å². The summed E-state index contributed by atoms with van der Waals surface area (Å²) in [5, 5.41) is 3.42. The van der Waals surface area contributed by atoms with Crippen LogP contribution < -0.4 is 5.32 Å². The molecule has 84 valence electrons. The molecule has 0 amide bonds. The van der Waals surface area contributed by atoms with Crippen LogP contribution in [0, 0.1) is 0 Å². The summed E-state index contributed by atoms with van der Waals surface area (Å²) in [7, 11) is 0. The summed E-state index contributed by atoms with van der Waals surface area (Å²) < 4.78 is 0.0900. The Morgan fingerprint density at radius 2 is 1.87 bits per heavy atom. The summed E-state index contributed by atoms with van der Waals surface area (Å²) in [5.41, 5.74) is 1.42. The largest absolute Gasteiger partial charge is 0.315 e. The first-order valence-corrected chi connectivity index (χ1v) is 6.00. The molecule has 1 N–H and O–H groups in total. The summed E-state index contributed by atoms with van der Waals surface area (Å²) in [6.07, 6.45) is 2.34. The Labute approximate surface area is 98.7 Å². The molecule has 0 radical (unpaired) electrons. The fourth-order valence-electron chi connectivity index (χ4n) is 1.46. The van der Waals surface area contributed by atoms with E-state index in [0.717, 1.165) is 19.5 Å². The van der Waals surface area contributed by atoms with Gasteiger partial charge in [0.15, 0.2) is 0 Å². The first-order valence-electron chi connectivity index (χ1n) is 5.55. The van der Waals surface area contributed by atoms with E-state index in [9.17, 15) is 0 Å². The van der Waals surface area contributed by atoms with Gasteiger partial charge in [-0.1, -0.05) is 30.3 Å². The van der Waals surface area contributed by atoms with Gasteiger partial charge in [0.2, 0.25) is 0 Å². The van der Waals surface area contributed by atoms with Gasteiger partial charge in [0.25, 0.3) is 0 Å². The van der Waals surface area contributed by atoms with Gasteiger partial charge in [-0.25, -0.2) is 0 Å². The zero-order valence-corrected chi connectivity index (χ0v) is 10.6. The van der Waals surface area contributed by atoms with Crippen molar-refractivity contribution >= 4 is 12.6 Å². The maximum Gasteiger partial charge on any atom is 0.0198 e. The zero-order chi connectivity index (χ0) is 11.1. The van der Waals surface area contributed by atoms with Gasteiger partial charge in [0.05, 0.1) is 0 Å². The Hall–Kier alpha value is -0.470. The van der Waals surface area contributed by atoms with Gasteiger partial charge in [0.1, 0.15) is 0 Å². The highest BCUT2D eigenvalue weighted by Gasteiger charge is 2.09. The van der Waals surface area contributed by atoms with E-state index >= 15 is 0 Å². The van der Waals surface area contributed by atoms with Gasteiger partial charge in [0, 0.05) is 11.3 Å². The smallest absolute Gasteiger partial charge is 0.0198 e. The van der Waals surface area contributed by atoms with Crippen LogP contribution in [0.1, 0.15) is 25.8 Å². The van der Waals surface area contributed by atoms with Gasteiger partial charge in [-0.05, 0) is 38.8 Å². The topological polar surface area (TPSA) is 12.0 Å². The zero-order valence-electron chi connectivity index (χ0n) is 9.66. The number of hydrogen-bond acceptors (Lipinski definition) is 2.